The zero-order valence-electron chi connectivity index (χ0n) is 9.79. The van der Waals surface area contributed by atoms with Gasteiger partial charge in [-0.05, 0) is 29.8 Å². The van der Waals surface area contributed by atoms with Gasteiger partial charge in [-0.2, -0.15) is 0 Å². The Balaban J connectivity index is 2.18. The summed E-state index contributed by atoms with van der Waals surface area (Å²) in [6.07, 6.45) is 0. The SMILES string of the molecule is O=C(Nc1cccc(Cl)c1F)c1ccc(CBr)cc1. The maximum Gasteiger partial charge on any atom is 0.255 e. The highest BCUT2D eigenvalue weighted by molar-refractivity contribution is 9.08. The van der Waals surface area contributed by atoms with Crippen LogP contribution in [0.4, 0.5) is 10.1 Å². The van der Waals surface area contributed by atoms with E-state index in [9.17, 15) is 9.18 Å². The molecule has 1 amide bonds. The summed E-state index contributed by atoms with van der Waals surface area (Å²) in [7, 11) is 0. The second kappa shape index (κ2) is 6.17. The molecule has 0 fully saturated rings. The van der Waals surface area contributed by atoms with E-state index in [0.717, 1.165) is 10.9 Å². The molecule has 0 aliphatic carbocycles. The Morgan fingerprint density at radius 2 is 1.89 bits per heavy atom. The lowest BCUT2D eigenvalue weighted by Crippen LogP contribution is -2.13. The molecular formula is C14H10BrClFNO. The number of amides is 1. The van der Waals surface area contributed by atoms with Crippen molar-refractivity contribution in [1.82, 2.24) is 0 Å². The van der Waals surface area contributed by atoms with E-state index in [0.29, 0.717) is 5.56 Å². The lowest BCUT2D eigenvalue weighted by Gasteiger charge is -2.07. The first-order valence-corrected chi connectivity index (χ1v) is 7.02. The molecule has 0 unspecified atom stereocenters. The third kappa shape index (κ3) is 3.33. The number of carbonyl (C=O) groups is 1. The summed E-state index contributed by atoms with van der Waals surface area (Å²) in [5.74, 6) is -1.00. The van der Waals surface area contributed by atoms with E-state index < -0.39 is 5.82 Å². The van der Waals surface area contributed by atoms with Gasteiger partial charge >= 0.3 is 0 Å². The molecule has 0 spiro atoms. The van der Waals surface area contributed by atoms with E-state index in [1.807, 2.05) is 12.1 Å². The van der Waals surface area contributed by atoms with Crippen molar-refractivity contribution in [3.05, 3.63) is 64.4 Å². The number of hydrogen-bond donors (Lipinski definition) is 1. The summed E-state index contributed by atoms with van der Waals surface area (Å²) >= 11 is 8.98. The number of anilines is 1. The van der Waals surface area contributed by atoms with E-state index in [1.54, 1.807) is 18.2 Å². The number of carbonyl (C=O) groups excluding carboxylic acids is 1. The van der Waals surface area contributed by atoms with Crippen molar-refractivity contribution < 1.29 is 9.18 Å². The minimum Gasteiger partial charge on any atom is -0.319 e. The molecule has 0 aromatic heterocycles. The highest BCUT2D eigenvalue weighted by atomic mass is 79.9. The van der Waals surface area contributed by atoms with E-state index in [-0.39, 0.29) is 16.6 Å². The zero-order chi connectivity index (χ0) is 13.8. The fraction of sp³-hybridized carbons (Fsp3) is 0.0714. The highest BCUT2D eigenvalue weighted by Gasteiger charge is 2.11. The Labute approximate surface area is 123 Å². The van der Waals surface area contributed by atoms with Crippen molar-refractivity contribution in [3.8, 4) is 0 Å². The Hall–Kier alpha value is -1.39. The van der Waals surface area contributed by atoms with Gasteiger partial charge in [0.15, 0.2) is 5.82 Å². The van der Waals surface area contributed by atoms with Gasteiger partial charge < -0.3 is 5.32 Å². The third-order valence-corrected chi connectivity index (χ3v) is 3.51. The van der Waals surface area contributed by atoms with E-state index >= 15 is 0 Å². The smallest absolute Gasteiger partial charge is 0.255 e. The second-order valence-corrected chi connectivity index (χ2v) is 4.85. The molecule has 0 bridgehead atoms. The summed E-state index contributed by atoms with van der Waals surface area (Å²) in [6, 6.07) is 11.5. The Kier molecular flexibility index (Phi) is 4.56. The molecule has 0 atom stereocenters. The van der Waals surface area contributed by atoms with Gasteiger partial charge in [-0.3, -0.25) is 4.79 Å². The lowest BCUT2D eigenvalue weighted by atomic mass is 10.1. The van der Waals surface area contributed by atoms with Crippen LogP contribution in [0.25, 0.3) is 0 Å². The maximum absolute atomic E-state index is 13.6. The van der Waals surface area contributed by atoms with Crippen LogP contribution in [0.3, 0.4) is 0 Å². The van der Waals surface area contributed by atoms with Crippen molar-refractivity contribution in [2.24, 2.45) is 0 Å². The van der Waals surface area contributed by atoms with E-state index in [4.69, 9.17) is 11.6 Å². The van der Waals surface area contributed by atoms with E-state index in [1.165, 1.54) is 12.1 Å². The van der Waals surface area contributed by atoms with Crippen LogP contribution in [0.15, 0.2) is 42.5 Å². The van der Waals surface area contributed by atoms with Gasteiger partial charge in [0.2, 0.25) is 0 Å². The van der Waals surface area contributed by atoms with Crippen molar-refractivity contribution in [3.63, 3.8) is 0 Å². The van der Waals surface area contributed by atoms with Crippen molar-refractivity contribution >= 4 is 39.1 Å². The largest absolute Gasteiger partial charge is 0.319 e. The van der Waals surface area contributed by atoms with Crippen LogP contribution >= 0.6 is 27.5 Å². The summed E-state index contributed by atoms with van der Waals surface area (Å²) in [4.78, 5) is 11.9. The van der Waals surface area contributed by atoms with Crippen LogP contribution in [-0.4, -0.2) is 5.91 Å². The number of hydrogen-bond acceptors (Lipinski definition) is 1. The lowest BCUT2D eigenvalue weighted by molar-refractivity contribution is 0.102. The molecule has 2 nitrogen and oxygen atoms in total. The fourth-order valence-corrected chi connectivity index (χ4v) is 2.09. The molecule has 98 valence electrons. The van der Waals surface area contributed by atoms with Gasteiger partial charge in [0, 0.05) is 10.9 Å². The molecule has 0 saturated carbocycles. The molecule has 0 aliphatic rings. The summed E-state index contributed by atoms with van der Waals surface area (Å²) in [6.45, 7) is 0. The molecule has 2 aromatic carbocycles. The first-order valence-electron chi connectivity index (χ1n) is 5.52. The molecule has 0 radical (unpaired) electrons. The van der Waals surface area contributed by atoms with Crippen LogP contribution in [0, 0.1) is 5.82 Å². The van der Waals surface area contributed by atoms with Gasteiger partial charge in [-0.1, -0.05) is 45.7 Å². The van der Waals surface area contributed by atoms with Gasteiger partial charge in [-0.25, -0.2) is 4.39 Å². The van der Waals surface area contributed by atoms with Gasteiger partial charge in [0.25, 0.3) is 5.91 Å². The molecule has 1 N–H and O–H groups in total. The molecular weight excluding hydrogens is 333 g/mol. The average molecular weight is 343 g/mol. The number of alkyl halides is 1. The molecule has 19 heavy (non-hydrogen) atoms. The summed E-state index contributed by atoms with van der Waals surface area (Å²) < 4.78 is 13.6. The monoisotopic (exact) mass is 341 g/mol. The second-order valence-electron chi connectivity index (χ2n) is 3.89. The predicted molar refractivity (Wildman–Crippen MR) is 78.4 cm³/mol. The average Bonchev–Trinajstić information content (AvgIpc) is 2.44. The molecule has 0 saturated heterocycles. The highest BCUT2D eigenvalue weighted by Crippen LogP contribution is 2.22. The zero-order valence-corrected chi connectivity index (χ0v) is 12.1. The van der Waals surface area contributed by atoms with Crippen LogP contribution in [0.2, 0.25) is 5.02 Å². The van der Waals surface area contributed by atoms with Gasteiger partial charge in [0.05, 0.1) is 10.7 Å². The first-order chi connectivity index (χ1) is 9.11. The number of nitrogens with one attached hydrogen (secondary N) is 1. The van der Waals surface area contributed by atoms with Crippen LogP contribution < -0.4 is 5.32 Å². The summed E-state index contributed by atoms with van der Waals surface area (Å²) in [5, 5.41) is 3.19. The van der Waals surface area contributed by atoms with Crippen molar-refractivity contribution in [2.45, 2.75) is 5.33 Å². The van der Waals surface area contributed by atoms with Crippen molar-refractivity contribution in [2.75, 3.05) is 5.32 Å². The predicted octanol–water partition coefficient (Wildman–Crippen LogP) is 4.63. The normalized spacial score (nSPS) is 10.3. The first kappa shape index (κ1) is 14.0. The third-order valence-electron chi connectivity index (χ3n) is 2.57. The Morgan fingerprint density at radius 3 is 2.53 bits per heavy atom. The van der Waals surface area contributed by atoms with Crippen LogP contribution in [-0.2, 0) is 5.33 Å². The van der Waals surface area contributed by atoms with Gasteiger partial charge in [0.1, 0.15) is 0 Å². The molecule has 2 aromatic rings. The van der Waals surface area contributed by atoms with E-state index in [2.05, 4.69) is 21.2 Å². The number of rotatable bonds is 3. The molecule has 0 heterocycles. The Morgan fingerprint density at radius 1 is 1.21 bits per heavy atom. The molecule has 2 rings (SSSR count). The Bertz CT molecular complexity index is 601. The number of benzene rings is 2. The maximum atomic E-state index is 13.6. The van der Waals surface area contributed by atoms with Crippen LogP contribution in [0.5, 0.6) is 0 Å². The molecule has 5 heteroatoms. The van der Waals surface area contributed by atoms with Crippen molar-refractivity contribution in [1.29, 1.82) is 0 Å². The topological polar surface area (TPSA) is 29.1 Å². The quantitative estimate of drug-likeness (QED) is 0.810. The summed E-state index contributed by atoms with van der Waals surface area (Å²) in [5.41, 5.74) is 1.59. The minimum absolute atomic E-state index is 0.0209. The molecule has 0 aliphatic heterocycles. The minimum atomic E-state index is -0.630. The van der Waals surface area contributed by atoms with Crippen LogP contribution in [0.1, 0.15) is 15.9 Å². The fourth-order valence-electron chi connectivity index (χ4n) is 1.54. The van der Waals surface area contributed by atoms with Gasteiger partial charge in [-0.15, -0.1) is 0 Å². The number of halogens is 3. The standard InChI is InChI=1S/C14H10BrClFNO/c15-8-9-4-6-10(7-5-9)14(19)18-12-3-1-2-11(16)13(12)17/h1-7H,8H2,(H,18,19).